The number of carboxylic acid groups (broad SMARTS) is 1. The summed E-state index contributed by atoms with van der Waals surface area (Å²) >= 11 is 0. The molecule has 0 aromatic heterocycles. The fraction of sp³-hybridized carbons (Fsp3) is 0.417. The molecule has 0 spiro atoms. The van der Waals surface area contributed by atoms with Crippen molar-refractivity contribution in [3.63, 3.8) is 0 Å². The lowest BCUT2D eigenvalue weighted by Gasteiger charge is -2.16. The highest BCUT2D eigenvalue weighted by atomic mass is 35.5. The quantitative estimate of drug-likeness (QED) is 0.868. The molecule has 1 heterocycles. The summed E-state index contributed by atoms with van der Waals surface area (Å²) in [4.78, 5) is 11.0. The topological polar surface area (TPSA) is 58.6 Å². The molecule has 0 aliphatic carbocycles. The standard InChI is InChI=1S/C12H15NO3.ClH/c1-16-9-4-2-8(3-5-9)11-10(12(14)15)6-7-13-11;/h2-5,10-11,13H,6-7H2,1H3,(H,14,15);1H. The summed E-state index contributed by atoms with van der Waals surface area (Å²) in [5.74, 6) is -0.271. The van der Waals surface area contributed by atoms with Crippen molar-refractivity contribution in [3.8, 4) is 5.75 Å². The summed E-state index contributed by atoms with van der Waals surface area (Å²) in [6, 6.07) is 7.46. The number of hydrogen-bond donors (Lipinski definition) is 2. The van der Waals surface area contributed by atoms with Crippen molar-refractivity contribution in [2.45, 2.75) is 12.5 Å². The number of benzene rings is 1. The summed E-state index contributed by atoms with van der Waals surface area (Å²) in [6.07, 6.45) is 0.687. The van der Waals surface area contributed by atoms with Gasteiger partial charge in [-0.1, -0.05) is 12.1 Å². The van der Waals surface area contributed by atoms with E-state index < -0.39 is 5.97 Å². The number of methoxy groups -OCH3 is 1. The molecule has 2 N–H and O–H groups in total. The van der Waals surface area contributed by atoms with Crippen LogP contribution in [0.25, 0.3) is 0 Å². The third-order valence-electron chi connectivity index (χ3n) is 3.01. The largest absolute Gasteiger partial charge is 0.497 e. The van der Waals surface area contributed by atoms with E-state index in [4.69, 9.17) is 9.84 Å². The molecule has 4 nitrogen and oxygen atoms in total. The van der Waals surface area contributed by atoms with Crippen LogP contribution in [0.5, 0.6) is 5.75 Å². The number of carbonyl (C=O) groups is 1. The molecular weight excluding hydrogens is 242 g/mol. The van der Waals surface area contributed by atoms with Crippen LogP contribution in [-0.4, -0.2) is 24.7 Å². The Bertz CT molecular complexity index is 380. The van der Waals surface area contributed by atoms with Gasteiger partial charge in [-0.25, -0.2) is 0 Å². The first kappa shape index (κ1) is 13.8. The lowest BCUT2D eigenvalue weighted by molar-refractivity contribution is -0.142. The molecule has 0 bridgehead atoms. The van der Waals surface area contributed by atoms with E-state index in [9.17, 15) is 4.79 Å². The van der Waals surface area contributed by atoms with Gasteiger partial charge in [0.05, 0.1) is 13.0 Å². The van der Waals surface area contributed by atoms with Gasteiger partial charge in [0.1, 0.15) is 5.75 Å². The van der Waals surface area contributed by atoms with Crippen LogP contribution in [0.2, 0.25) is 0 Å². The summed E-state index contributed by atoms with van der Waals surface area (Å²) in [7, 11) is 1.61. The van der Waals surface area contributed by atoms with E-state index in [-0.39, 0.29) is 24.4 Å². The Kier molecular flexibility index (Phi) is 4.78. The molecule has 17 heavy (non-hydrogen) atoms. The van der Waals surface area contributed by atoms with Crippen molar-refractivity contribution in [2.75, 3.05) is 13.7 Å². The van der Waals surface area contributed by atoms with E-state index >= 15 is 0 Å². The first-order valence-corrected chi connectivity index (χ1v) is 5.32. The Morgan fingerprint density at radius 1 is 1.41 bits per heavy atom. The third kappa shape index (κ3) is 2.90. The molecule has 1 aromatic carbocycles. The van der Waals surface area contributed by atoms with Crippen LogP contribution in [0.3, 0.4) is 0 Å². The van der Waals surface area contributed by atoms with E-state index in [2.05, 4.69) is 5.32 Å². The maximum Gasteiger partial charge on any atom is 0.308 e. The second-order valence-electron chi connectivity index (χ2n) is 3.94. The summed E-state index contributed by atoms with van der Waals surface area (Å²) in [5, 5.41) is 12.3. The number of ether oxygens (including phenoxy) is 1. The van der Waals surface area contributed by atoms with Gasteiger partial charge in [-0.15, -0.1) is 12.4 Å². The highest BCUT2D eigenvalue weighted by Crippen LogP contribution is 2.30. The van der Waals surface area contributed by atoms with Crippen LogP contribution >= 0.6 is 12.4 Å². The molecule has 0 amide bonds. The predicted molar refractivity (Wildman–Crippen MR) is 66.7 cm³/mol. The van der Waals surface area contributed by atoms with Crippen molar-refractivity contribution in [2.24, 2.45) is 5.92 Å². The molecule has 2 atom stereocenters. The van der Waals surface area contributed by atoms with Gasteiger partial charge in [-0.2, -0.15) is 0 Å². The monoisotopic (exact) mass is 257 g/mol. The molecule has 1 fully saturated rings. The maximum absolute atomic E-state index is 11.0. The number of nitrogens with one attached hydrogen (secondary N) is 1. The van der Waals surface area contributed by atoms with Gasteiger partial charge in [0.15, 0.2) is 0 Å². The van der Waals surface area contributed by atoms with E-state index in [0.29, 0.717) is 6.42 Å². The first-order chi connectivity index (χ1) is 7.72. The third-order valence-corrected chi connectivity index (χ3v) is 3.01. The van der Waals surface area contributed by atoms with Crippen molar-refractivity contribution in [3.05, 3.63) is 29.8 Å². The Hall–Kier alpha value is -1.26. The molecule has 1 aliphatic heterocycles. The highest BCUT2D eigenvalue weighted by molar-refractivity contribution is 5.85. The average Bonchev–Trinajstić information content (AvgIpc) is 2.78. The summed E-state index contributed by atoms with van der Waals surface area (Å²) < 4.78 is 5.07. The molecule has 2 rings (SSSR count). The maximum atomic E-state index is 11.0. The van der Waals surface area contributed by atoms with Crippen LogP contribution in [0.15, 0.2) is 24.3 Å². The van der Waals surface area contributed by atoms with Gasteiger partial charge in [0, 0.05) is 6.04 Å². The molecule has 1 aromatic rings. The molecular formula is C12H16ClNO3. The Morgan fingerprint density at radius 2 is 2.06 bits per heavy atom. The minimum Gasteiger partial charge on any atom is -0.497 e. The number of rotatable bonds is 3. The lowest BCUT2D eigenvalue weighted by Crippen LogP contribution is -2.23. The smallest absolute Gasteiger partial charge is 0.308 e. The fourth-order valence-corrected chi connectivity index (χ4v) is 2.13. The van der Waals surface area contributed by atoms with Crippen LogP contribution in [0, 0.1) is 5.92 Å². The number of halogens is 1. The SMILES string of the molecule is COc1ccc(C2NCCC2C(=O)O)cc1.Cl. The van der Waals surface area contributed by atoms with E-state index in [1.54, 1.807) is 7.11 Å². The number of hydrogen-bond acceptors (Lipinski definition) is 3. The van der Waals surface area contributed by atoms with Gasteiger partial charge < -0.3 is 15.2 Å². The van der Waals surface area contributed by atoms with Gasteiger partial charge in [-0.3, -0.25) is 4.79 Å². The average molecular weight is 258 g/mol. The predicted octanol–water partition coefficient (Wildman–Crippen LogP) is 1.85. The zero-order valence-electron chi connectivity index (χ0n) is 9.55. The fourth-order valence-electron chi connectivity index (χ4n) is 2.13. The normalized spacial score (nSPS) is 22.9. The molecule has 0 radical (unpaired) electrons. The number of aliphatic carboxylic acids is 1. The van der Waals surface area contributed by atoms with Crippen LogP contribution in [-0.2, 0) is 4.79 Å². The van der Waals surface area contributed by atoms with E-state index in [1.165, 1.54) is 0 Å². The molecule has 1 saturated heterocycles. The number of carboxylic acids is 1. The van der Waals surface area contributed by atoms with E-state index in [0.717, 1.165) is 17.9 Å². The minimum absolute atomic E-state index is 0. The van der Waals surface area contributed by atoms with Crippen molar-refractivity contribution < 1.29 is 14.6 Å². The summed E-state index contributed by atoms with van der Waals surface area (Å²) in [6.45, 7) is 0.758. The molecule has 1 aliphatic rings. The first-order valence-electron chi connectivity index (χ1n) is 5.32. The Morgan fingerprint density at radius 3 is 2.59 bits per heavy atom. The second-order valence-corrected chi connectivity index (χ2v) is 3.94. The zero-order valence-corrected chi connectivity index (χ0v) is 10.4. The Balaban J connectivity index is 0.00000144. The molecule has 0 saturated carbocycles. The molecule has 2 unspecified atom stereocenters. The molecule has 5 heteroatoms. The van der Waals surface area contributed by atoms with Crippen LogP contribution in [0.1, 0.15) is 18.0 Å². The second kappa shape index (κ2) is 5.89. The van der Waals surface area contributed by atoms with Gasteiger partial charge in [-0.05, 0) is 30.7 Å². The minimum atomic E-state index is -0.731. The highest BCUT2D eigenvalue weighted by Gasteiger charge is 2.33. The van der Waals surface area contributed by atoms with E-state index in [1.807, 2.05) is 24.3 Å². The van der Waals surface area contributed by atoms with Gasteiger partial charge in [0.25, 0.3) is 0 Å². The van der Waals surface area contributed by atoms with Crippen LogP contribution in [0.4, 0.5) is 0 Å². The zero-order chi connectivity index (χ0) is 11.5. The van der Waals surface area contributed by atoms with Crippen LogP contribution < -0.4 is 10.1 Å². The Labute approximate surface area is 106 Å². The van der Waals surface area contributed by atoms with Crippen molar-refractivity contribution in [1.29, 1.82) is 0 Å². The van der Waals surface area contributed by atoms with Crippen molar-refractivity contribution in [1.82, 2.24) is 5.32 Å². The van der Waals surface area contributed by atoms with Gasteiger partial charge >= 0.3 is 5.97 Å². The molecule has 94 valence electrons. The lowest BCUT2D eigenvalue weighted by atomic mass is 9.94. The van der Waals surface area contributed by atoms with Crippen molar-refractivity contribution >= 4 is 18.4 Å². The summed E-state index contributed by atoms with van der Waals surface area (Å²) in [5.41, 5.74) is 1.01. The van der Waals surface area contributed by atoms with Gasteiger partial charge in [0.2, 0.25) is 0 Å².